The van der Waals surface area contributed by atoms with E-state index < -0.39 is 20.0 Å². The van der Waals surface area contributed by atoms with Crippen LogP contribution in [0.15, 0.2) is 58.3 Å². The minimum atomic E-state index is -3.74. The molecule has 0 radical (unpaired) electrons. The molecule has 2 aromatic carbocycles. The minimum Gasteiger partial charge on any atom is -0.336 e. The molecule has 2 fully saturated rings. The van der Waals surface area contributed by atoms with Crippen molar-refractivity contribution in [1.29, 1.82) is 5.26 Å². The number of hydrogen-bond acceptors (Lipinski definition) is 6. The third-order valence-corrected chi connectivity index (χ3v) is 9.74. The summed E-state index contributed by atoms with van der Waals surface area (Å²) in [5.41, 5.74) is 0.636. The highest BCUT2D eigenvalue weighted by Gasteiger charge is 2.32. The molecule has 9 nitrogen and oxygen atoms in total. The summed E-state index contributed by atoms with van der Waals surface area (Å²) in [7, 11) is -7.37. The molecule has 2 aliphatic heterocycles. The summed E-state index contributed by atoms with van der Waals surface area (Å²) < 4.78 is 54.2. The Kier molecular flexibility index (Phi) is 6.54. The zero-order valence-electron chi connectivity index (χ0n) is 17.9. The Morgan fingerprint density at radius 3 is 1.94 bits per heavy atom. The molecule has 174 valence electrons. The lowest BCUT2D eigenvalue weighted by Crippen LogP contribution is -2.50. The van der Waals surface area contributed by atoms with Gasteiger partial charge in [0.1, 0.15) is 0 Å². The van der Waals surface area contributed by atoms with Crippen LogP contribution in [0, 0.1) is 11.3 Å². The number of piperazine rings is 1. The van der Waals surface area contributed by atoms with E-state index in [9.17, 15) is 21.6 Å². The maximum absolute atomic E-state index is 13.0. The predicted octanol–water partition coefficient (Wildman–Crippen LogP) is 1.49. The van der Waals surface area contributed by atoms with Crippen molar-refractivity contribution in [3.05, 3.63) is 59.7 Å². The summed E-state index contributed by atoms with van der Waals surface area (Å²) in [6.07, 6.45) is 1.65. The molecule has 2 aromatic rings. The Hall–Kier alpha value is -2.78. The fourth-order valence-corrected chi connectivity index (χ4v) is 7.02. The fraction of sp³-hybridized carbons (Fsp3) is 0.364. The number of carbonyl (C=O) groups excluding carboxylic acids is 1. The molecule has 11 heteroatoms. The molecule has 0 N–H and O–H groups in total. The summed E-state index contributed by atoms with van der Waals surface area (Å²) in [6.45, 7) is 1.60. The van der Waals surface area contributed by atoms with Gasteiger partial charge in [-0.15, -0.1) is 0 Å². The van der Waals surface area contributed by atoms with Crippen molar-refractivity contribution in [2.24, 2.45) is 0 Å². The Morgan fingerprint density at radius 1 is 0.758 bits per heavy atom. The van der Waals surface area contributed by atoms with Crippen molar-refractivity contribution in [3.8, 4) is 6.07 Å². The van der Waals surface area contributed by atoms with Crippen LogP contribution in [-0.4, -0.2) is 75.5 Å². The van der Waals surface area contributed by atoms with E-state index in [-0.39, 0.29) is 47.4 Å². The SMILES string of the molecule is N#Cc1ccc(S(=O)(=O)N2CCN(C(=O)c3cccc(S(=O)(=O)N4CCCC4)c3)CC2)cc1. The first-order valence-electron chi connectivity index (χ1n) is 10.6. The highest BCUT2D eigenvalue weighted by Crippen LogP contribution is 2.23. The standard InChI is InChI=1S/C22H24N4O5S2/c23-17-18-6-8-20(9-7-18)32(28,29)26-14-12-24(13-15-26)22(27)19-4-3-5-21(16-19)33(30,31)25-10-1-2-11-25/h3-9,16H,1-2,10-15H2. The third kappa shape index (κ3) is 4.65. The number of nitrogens with zero attached hydrogens (tertiary/aromatic N) is 4. The second-order valence-electron chi connectivity index (χ2n) is 7.97. The van der Waals surface area contributed by atoms with E-state index in [0.29, 0.717) is 18.7 Å². The molecule has 0 aliphatic carbocycles. The van der Waals surface area contributed by atoms with Crippen molar-refractivity contribution >= 4 is 26.0 Å². The van der Waals surface area contributed by atoms with Crippen LogP contribution in [0.3, 0.4) is 0 Å². The average molecular weight is 489 g/mol. The first-order chi connectivity index (χ1) is 15.7. The Balaban J connectivity index is 1.45. The van der Waals surface area contributed by atoms with Crippen LogP contribution in [0.2, 0.25) is 0 Å². The number of carbonyl (C=O) groups is 1. The number of nitriles is 1. The van der Waals surface area contributed by atoms with Gasteiger partial charge in [-0.25, -0.2) is 16.8 Å². The second-order valence-corrected chi connectivity index (χ2v) is 11.8. The highest BCUT2D eigenvalue weighted by atomic mass is 32.2. The largest absolute Gasteiger partial charge is 0.336 e. The van der Waals surface area contributed by atoms with Gasteiger partial charge in [0.15, 0.2) is 0 Å². The monoisotopic (exact) mass is 488 g/mol. The molecule has 0 spiro atoms. The van der Waals surface area contributed by atoms with Crippen LogP contribution in [0.4, 0.5) is 0 Å². The maximum atomic E-state index is 13.0. The Morgan fingerprint density at radius 2 is 1.33 bits per heavy atom. The number of amides is 1. The zero-order valence-corrected chi connectivity index (χ0v) is 19.6. The van der Waals surface area contributed by atoms with E-state index in [4.69, 9.17) is 5.26 Å². The molecular weight excluding hydrogens is 464 g/mol. The van der Waals surface area contributed by atoms with Crippen LogP contribution < -0.4 is 0 Å². The highest BCUT2D eigenvalue weighted by molar-refractivity contribution is 7.89. The molecule has 0 bridgehead atoms. The van der Waals surface area contributed by atoms with E-state index in [1.54, 1.807) is 12.1 Å². The van der Waals surface area contributed by atoms with Gasteiger partial charge >= 0.3 is 0 Å². The van der Waals surface area contributed by atoms with Crippen molar-refractivity contribution < 1.29 is 21.6 Å². The molecular formula is C22H24N4O5S2. The van der Waals surface area contributed by atoms with Crippen molar-refractivity contribution in [2.45, 2.75) is 22.6 Å². The summed E-state index contributed by atoms with van der Waals surface area (Å²) in [5, 5.41) is 8.89. The molecule has 0 aromatic heterocycles. The molecule has 4 rings (SSSR count). The van der Waals surface area contributed by atoms with E-state index in [1.807, 2.05) is 6.07 Å². The Labute approximate surface area is 193 Å². The summed E-state index contributed by atoms with van der Waals surface area (Å²) >= 11 is 0. The number of rotatable bonds is 5. The van der Waals surface area contributed by atoms with Gasteiger partial charge in [-0.2, -0.15) is 13.9 Å². The molecule has 2 heterocycles. The lowest BCUT2D eigenvalue weighted by molar-refractivity contribution is 0.0697. The van der Waals surface area contributed by atoms with E-state index >= 15 is 0 Å². The van der Waals surface area contributed by atoms with E-state index in [1.165, 1.54) is 49.9 Å². The van der Waals surface area contributed by atoms with Crippen LogP contribution >= 0.6 is 0 Å². The van der Waals surface area contributed by atoms with Crippen LogP contribution in [0.5, 0.6) is 0 Å². The average Bonchev–Trinajstić information content (AvgIpc) is 3.40. The minimum absolute atomic E-state index is 0.0947. The van der Waals surface area contributed by atoms with Crippen LogP contribution in [0.1, 0.15) is 28.8 Å². The van der Waals surface area contributed by atoms with Crippen LogP contribution in [-0.2, 0) is 20.0 Å². The maximum Gasteiger partial charge on any atom is 0.253 e. The smallest absolute Gasteiger partial charge is 0.253 e. The van der Waals surface area contributed by atoms with Crippen molar-refractivity contribution in [1.82, 2.24) is 13.5 Å². The molecule has 0 atom stereocenters. The first kappa shape index (κ1) is 23.4. The Bertz CT molecular complexity index is 1290. The van der Waals surface area contributed by atoms with E-state index in [2.05, 4.69) is 0 Å². The summed E-state index contributed by atoms with van der Waals surface area (Å²) in [6, 6.07) is 13.7. The van der Waals surface area contributed by atoms with Crippen molar-refractivity contribution in [3.63, 3.8) is 0 Å². The van der Waals surface area contributed by atoms with Gasteiger partial charge in [-0.05, 0) is 55.3 Å². The topological polar surface area (TPSA) is 119 Å². The molecule has 0 saturated carbocycles. The summed E-state index contributed by atoms with van der Waals surface area (Å²) in [4.78, 5) is 14.7. The van der Waals surface area contributed by atoms with E-state index in [0.717, 1.165) is 12.8 Å². The fourth-order valence-electron chi connectivity index (χ4n) is 4.03. The lowest BCUT2D eigenvalue weighted by Gasteiger charge is -2.34. The summed E-state index contributed by atoms with van der Waals surface area (Å²) in [5.74, 6) is -0.330. The molecule has 2 saturated heterocycles. The molecule has 2 aliphatic rings. The quantitative estimate of drug-likeness (QED) is 0.629. The number of sulfonamides is 2. The molecule has 33 heavy (non-hydrogen) atoms. The molecule has 0 unspecified atom stereocenters. The van der Waals surface area contributed by atoms with Gasteiger partial charge in [-0.3, -0.25) is 4.79 Å². The number of hydrogen-bond donors (Lipinski definition) is 0. The first-order valence-corrected chi connectivity index (χ1v) is 13.5. The number of benzene rings is 2. The van der Waals surface area contributed by atoms with Crippen molar-refractivity contribution in [2.75, 3.05) is 39.3 Å². The van der Waals surface area contributed by atoms with Gasteiger partial charge in [0.05, 0.1) is 21.4 Å². The zero-order chi connectivity index (χ0) is 23.6. The van der Waals surface area contributed by atoms with Gasteiger partial charge in [0.25, 0.3) is 5.91 Å². The van der Waals surface area contributed by atoms with Gasteiger partial charge in [-0.1, -0.05) is 6.07 Å². The molecule has 1 amide bonds. The predicted molar refractivity (Wildman–Crippen MR) is 120 cm³/mol. The van der Waals surface area contributed by atoms with Gasteiger partial charge in [0, 0.05) is 44.8 Å². The normalized spacial score (nSPS) is 18.2. The second kappa shape index (κ2) is 9.23. The van der Waals surface area contributed by atoms with Gasteiger partial charge in [0.2, 0.25) is 20.0 Å². The van der Waals surface area contributed by atoms with Gasteiger partial charge < -0.3 is 4.90 Å². The lowest BCUT2D eigenvalue weighted by atomic mass is 10.2. The van der Waals surface area contributed by atoms with Crippen LogP contribution in [0.25, 0.3) is 0 Å². The third-order valence-electron chi connectivity index (χ3n) is 5.93.